The van der Waals surface area contributed by atoms with Crippen LogP contribution in [0.5, 0.6) is 5.75 Å². The molecule has 0 atom stereocenters. The maximum atomic E-state index is 13.4. The van der Waals surface area contributed by atoms with Crippen LogP contribution in [-0.4, -0.2) is 31.5 Å². The van der Waals surface area contributed by atoms with E-state index in [1.54, 1.807) is 24.3 Å². The molecule has 2 amide bonds. The third kappa shape index (κ3) is 5.72. The summed E-state index contributed by atoms with van der Waals surface area (Å²) in [6.07, 6.45) is 0. The van der Waals surface area contributed by atoms with E-state index in [0.29, 0.717) is 10.8 Å². The van der Waals surface area contributed by atoms with Crippen molar-refractivity contribution in [2.45, 2.75) is 0 Å². The highest BCUT2D eigenvalue weighted by molar-refractivity contribution is 6.30. The standard InChI is InChI=1S/C17H15ClF2N2O3/c18-11-4-6-12(7-5-11)25-10-15(23)21-8-9-22-17(24)16-13(19)2-1-3-14(16)20/h1-7H,8-10H2,(H,21,23)(H,22,24). The summed E-state index contributed by atoms with van der Waals surface area (Å²) in [5.41, 5.74) is -0.653. The van der Waals surface area contributed by atoms with Crippen molar-refractivity contribution in [3.8, 4) is 5.75 Å². The maximum absolute atomic E-state index is 13.4. The average molecular weight is 369 g/mol. The number of ether oxygens (including phenoxy) is 1. The average Bonchev–Trinajstić information content (AvgIpc) is 2.58. The Bertz CT molecular complexity index is 734. The summed E-state index contributed by atoms with van der Waals surface area (Å²) >= 11 is 5.73. The maximum Gasteiger partial charge on any atom is 0.258 e. The van der Waals surface area contributed by atoms with E-state index in [1.165, 1.54) is 6.07 Å². The summed E-state index contributed by atoms with van der Waals surface area (Å²) < 4.78 is 32.1. The van der Waals surface area contributed by atoms with Crippen molar-refractivity contribution < 1.29 is 23.1 Å². The van der Waals surface area contributed by atoms with Gasteiger partial charge >= 0.3 is 0 Å². The minimum Gasteiger partial charge on any atom is -0.484 e. The van der Waals surface area contributed by atoms with E-state index >= 15 is 0 Å². The second-order valence-corrected chi connectivity index (χ2v) is 5.38. The van der Waals surface area contributed by atoms with Crippen LogP contribution in [-0.2, 0) is 4.79 Å². The van der Waals surface area contributed by atoms with Gasteiger partial charge in [0, 0.05) is 18.1 Å². The molecule has 0 fully saturated rings. The number of rotatable bonds is 7. The molecule has 0 unspecified atom stereocenters. The summed E-state index contributed by atoms with van der Waals surface area (Å²) in [6, 6.07) is 9.67. The van der Waals surface area contributed by atoms with Gasteiger partial charge in [-0.3, -0.25) is 9.59 Å². The minimum atomic E-state index is -0.946. The second-order valence-electron chi connectivity index (χ2n) is 4.95. The summed E-state index contributed by atoms with van der Waals surface area (Å²) in [7, 11) is 0. The Hall–Kier alpha value is -2.67. The largest absolute Gasteiger partial charge is 0.484 e. The number of carbonyl (C=O) groups is 2. The SMILES string of the molecule is O=C(COc1ccc(Cl)cc1)NCCNC(=O)c1c(F)cccc1F. The molecule has 0 spiro atoms. The third-order valence-corrected chi connectivity index (χ3v) is 3.36. The zero-order chi connectivity index (χ0) is 18.2. The van der Waals surface area contributed by atoms with Gasteiger partial charge in [0.15, 0.2) is 6.61 Å². The van der Waals surface area contributed by atoms with Crippen LogP contribution >= 0.6 is 11.6 Å². The Morgan fingerprint density at radius 2 is 1.56 bits per heavy atom. The molecule has 5 nitrogen and oxygen atoms in total. The van der Waals surface area contributed by atoms with E-state index in [-0.39, 0.29) is 19.7 Å². The van der Waals surface area contributed by atoms with Crippen LogP contribution < -0.4 is 15.4 Å². The number of nitrogens with one attached hydrogen (secondary N) is 2. The fourth-order valence-corrected chi connectivity index (χ4v) is 2.04. The van der Waals surface area contributed by atoms with Gasteiger partial charge in [0.25, 0.3) is 11.8 Å². The van der Waals surface area contributed by atoms with Gasteiger partial charge in [-0.15, -0.1) is 0 Å². The zero-order valence-electron chi connectivity index (χ0n) is 13.0. The van der Waals surface area contributed by atoms with Gasteiger partial charge in [0.2, 0.25) is 0 Å². The lowest BCUT2D eigenvalue weighted by Crippen LogP contribution is -2.37. The van der Waals surface area contributed by atoms with Crippen molar-refractivity contribution in [1.29, 1.82) is 0 Å². The molecule has 0 saturated carbocycles. The Balaban J connectivity index is 1.69. The summed E-state index contributed by atoms with van der Waals surface area (Å²) in [6.45, 7) is -0.110. The molecule has 2 aromatic rings. The Morgan fingerprint density at radius 1 is 0.960 bits per heavy atom. The molecule has 2 N–H and O–H groups in total. The molecule has 8 heteroatoms. The third-order valence-electron chi connectivity index (χ3n) is 3.11. The zero-order valence-corrected chi connectivity index (χ0v) is 13.8. The summed E-state index contributed by atoms with van der Waals surface area (Å²) in [5.74, 6) is -2.69. The van der Waals surface area contributed by atoms with Gasteiger partial charge in [-0.1, -0.05) is 17.7 Å². The number of hydrogen-bond acceptors (Lipinski definition) is 3. The molecule has 2 aromatic carbocycles. The fourth-order valence-electron chi connectivity index (χ4n) is 1.91. The molecular weight excluding hydrogens is 354 g/mol. The second kappa shape index (κ2) is 8.98. The summed E-state index contributed by atoms with van der Waals surface area (Å²) in [5, 5.41) is 5.39. The predicted octanol–water partition coefficient (Wildman–Crippen LogP) is 2.54. The Kier molecular flexibility index (Phi) is 6.71. The normalized spacial score (nSPS) is 10.2. The van der Waals surface area contributed by atoms with Crippen LogP contribution in [0.4, 0.5) is 8.78 Å². The molecule has 0 radical (unpaired) electrons. The predicted molar refractivity (Wildman–Crippen MR) is 88.6 cm³/mol. The molecule has 0 bridgehead atoms. The molecule has 0 aliphatic rings. The van der Waals surface area contributed by atoms with Crippen molar-refractivity contribution in [3.05, 3.63) is 64.7 Å². The number of benzene rings is 2. The van der Waals surface area contributed by atoms with E-state index < -0.39 is 29.0 Å². The van der Waals surface area contributed by atoms with Crippen molar-refractivity contribution in [3.63, 3.8) is 0 Å². The van der Waals surface area contributed by atoms with Crippen LogP contribution in [0.15, 0.2) is 42.5 Å². The monoisotopic (exact) mass is 368 g/mol. The molecule has 132 valence electrons. The lowest BCUT2D eigenvalue weighted by molar-refractivity contribution is -0.123. The van der Waals surface area contributed by atoms with Crippen molar-refractivity contribution in [1.82, 2.24) is 10.6 Å². The molecule has 2 rings (SSSR count). The molecule has 0 aromatic heterocycles. The van der Waals surface area contributed by atoms with Crippen molar-refractivity contribution >= 4 is 23.4 Å². The Labute approximate surface area is 147 Å². The molecule has 0 aliphatic carbocycles. The molecule has 0 aliphatic heterocycles. The highest BCUT2D eigenvalue weighted by atomic mass is 35.5. The number of carbonyl (C=O) groups excluding carboxylic acids is 2. The molecule has 25 heavy (non-hydrogen) atoms. The smallest absolute Gasteiger partial charge is 0.258 e. The highest BCUT2D eigenvalue weighted by Gasteiger charge is 2.16. The molecule has 0 heterocycles. The van der Waals surface area contributed by atoms with E-state index in [1.807, 2.05) is 0 Å². The molecule has 0 saturated heterocycles. The van der Waals surface area contributed by atoms with Crippen LogP contribution in [0.25, 0.3) is 0 Å². The molecular formula is C17H15ClF2N2O3. The minimum absolute atomic E-state index is 0.0132. The van der Waals surface area contributed by atoms with Crippen LogP contribution in [0, 0.1) is 11.6 Å². The van der Waals surface area contributed by atoms with Crippen LogP contribution in [0.3, 0.4) is 0 Å². The topological polar surface area (TPSA) is 67.4 Å². The van der Waals surface area contributed by atoms with E-state index in [2.05, 4.69) is 10.6 Å². The van der Waals surface area contributed by atoms with Crippen molar-refractivity contribution in [2.75, 3.05) is 19.7 Å². The number of halogens is 3. The van der Waals surface area contributed by atoms with E-state index in [0.717, 1.165) is 12.1 Å². The van der Waals surface area contributed by atoms with E-state index in [9.17, 15) is 18.4 Å². The van der Waals surface area contributed by atoms with Gasteiger partial charge in [-0.25, -0.2) is 8.78 Å². The van der Waals surface area contributed by atoms with Gasteiger partial charge in [0.1, 0.15) is 22.9 Å². The highest BCUT2D eigenvalue weighted by Crippen LogP contribution is 2.15. The first kappa shape index (κ1) is 18.7. The van der Waals surface area contributed by atoms with Crippen molar-refractivity contribution in [2.24, 2.45) is 0 Å². The first-order valence-corrected chi connectivity index (χ1v) is 7.72. The Morgan fingerprint density at radius 3 is 2.20 bits per heavy atom. The van der Waals surface area contributed by atoms with Gasteiger partial charge in [-0.05, 0) is 36.4 Å². The van der Waals surface area contributed by atoms with Gasteiger partial charge < -0.3 is 15.4 Å². The quantitative estimate of drug-likeness (QED) is 0.738. The first-order chi connectivity index (χ1) is 12.0. The fraction of sp³-hybridized carbons (Fsp3) is 0.176. The number of hydrogen-bond donors (Lipinski definition) is 2. The first-order valence-electron chi connectivity index (χ1n) is 7.34. The number of amides is 2. The lowest BCUT2D eigenvalue weighted by atomic mass is 10.2. The van der Waals surface area contributed by atoms with Crippen LogP contribution in [0.2, 0.25) is 5.02 Å². The lowest BCUT2D eigenvalue weighted by Gasteiger charge is -2.09. The van der Waals surface area contributed by atoms with E-state index in [4.69, 9.17) is 16.3 Å². The summed E-state index contributed by atoms with van der Waals surface area (Å²) in [4.78, 5) is 23.3. The van der Waals surface area contributed by atoms with Crippen LogP contribution in [0.1, 0.15) is 10.4 Å². The van der Waals surface area contributed by atoms with Gasteiger partial charge in [-0.2, -0.15) is 0 Å². The van der Waals surface area contributed by atoms with Gasteiger partial charge in [0.05, 0.1) is 0 Å².